The Labute approximate surface area is 95.4 Å². The molecule has 0 N–H and O–H groups in total. The van der Waals surface area contributed by atoms with E-state index >= 15 is 0 Å². The van der Waals surface area contributed by atoms with Crippen LogP contribution in [0.1, 0.15) is 38.5 Å². The molecular formula is C14H19S+. The Bertz CT molecular complexity index is 305. The summed E-state index contributed by atoms with van der Waals surface area (Å²) in [5, 5.41) is 2.06. The lowest BCUT2D eigenvalue weighted by Gasteiger charge is -2.12. The monoisotopic (exact) mass is 219 g/mol. The van der Waals surface area contributed by atoms with Gasteiger partial charge in [0.2, 0.25) is 0 Å². The van der Waals surface area contributed by atoms with Crippen LogP contribution in [0.15, 0.2) is 35.2 Å². The molecule has 0 nitrogen and oxygen atoms in total. The van der Waals surface area contributed by atoms with Crippen molar-refractivity contribution < 1.29 is 0 Å². The highest BCUT2D eigenvalue weighted by Gasteiger charge is 2.47. The Kier molecular flexibility index (Phi) is 2.74. The van der Waals surface area contributed by atoms with E-state index in [1.165, 1.54) is 38.5 Å². The van der Waals surface area contributed by atoms with Crippen LogP contribution in [0.5, 0.6) is 0 Å². The van der Waals surface area contributed by atoms with Crippen molar-refractivity contribution in [2.24, 2.45) is 0 Å². The van der Waals surface area contributed by atoms with Crippen molar-refractivity contribution in [1.82, 2.24) is 0 Å². The molecule has 0 spiro atoms. The van der Waals surface area contributed by atoms with E-state index in [-0.39, 0.29) is 0 Å². The van der Waals surface area contributed by atoms with Crippen LogP contribution < -0.4 is 0 Å². The fourth-order valence-corrected chi connectivity index (χ4v) is 6.55. The summed E-state index contributed by atoms with van der Waals surface area (Å²) in [7, 11) is 0.596. The first kappa shape index (κ1) is 9.77. The Morgan fingerprint density at radius 1 is 0.800 bits per heavy atom. The lowest BCUT2D eigenvalue weighted by atomic mass is 10.0. The zero-order chi connectivity index (χ0) is 10.1. The summed E-state index contributed by atoms with van der Waals surface area (Å²) in [4.78, 5) is 1.65. The van der Waals surface area contributed by atoms with Crippen molar-refractivity contribution in [3.05, 3.63) is 30.3 Å². The van der Waals surface area contributed by atoms with Crippen LogP contribution in [0.2, 0.25) is 0 Å². The van der Waals surface area contributed by atoms with Crippen molar-refractivity contribution in [1.29, 1.82) is 0 Å². The van der Waals surface area contributed by atoms with Crippen LogP contribution in [0.25, 0.3) is 0 Å². The second-order valence-electron chi connectivity index (χ2n) is 4.79. The van der Waals surface area contributed by atoms with Gasteiger partial charge in [-0.15, -0.1) is 0 Å². The topological polar surface area (TPSA) is 0 Å². The molecule has 0 amide bonds. The molecular weight excluding hydrogens is 200 g/mol. The van der Waals surface area contributed by atoms with Crippen LogP contribution in [0, 0.1) is 0 Å². The van der Waals surface area contributed by atoms with Gasteiger partial charge in [0.05, 0.1) is 0 Å². The van der Waals surface area contributed by atoms with Gasteiger partial charge in [-0.05, 0) is 37.8 Å². The van der Waals surface area contributed by atoms with Crippen molar-refractivity contribution in [2.75, 3.05) is 0 Å². The lowest BCUT2D eigenvalue weighted by Crippen LogP contribution is -2.21. The van der Waals surface area contributed by atoms with Gasteiger partial charge in [0.1, 0.15) is 10.5 Å². The Hall–Kier alpha value is -0.430. The fourth-order valence-electron chi connectivity index (χ4n) is 3.15. The molecule has 2 unspecified atom stereocenters. The molecule has 1 aromatic carbocycles. The SMILES string of the molecule is c1ccc([S+]2C3CCCCC2CC3)cc1. The molecule has 80 valence electrons. The van der Waals surface area contributed by atoms with E-state index in [9.17, 15) is 0 Å². The van der Waals surface area contributed by atoms with Gasteiger partial charge in [-0.1, -0.05) is 18.2 Å². The summed E-state index contributed by atoms with van der Waals surface area (Å²) in [5.41, 5.74) is 0. The Morgan fingerprint density at radius 2 is 1.40 bits per heavy atom. The second kappa shape index (κ2) is 4.21. The van der Waals surface area contributed by atoms with Gasteiger partial charge < -0.3 is 0 Å². The maximum atomic E-state index is 2.36. The molecule has 1 aromatic rings. The molecule has 15 heavy (non-hydrogen) atoms. The maximum Gasteiger partial charge on any atom is 0.155 e. The number of benzene rings is 1. The molecule has 2 aliphatic heterocycles. The molecule has 2 heterocycles. The van der Waals surface area contributed by atoms with Crippen LogP contribution >= 0.6 is 0 Å². The summed E-state index contributed by atoms with van der Waals surface area (Å²) >= 11 is 0. The summed E-state index contributed by atoms with van der Waals surface area (Å²) in [6.07, 6.45) is 8.96. The lowest BCUT2D eigenvalue weighted by molar-refractivity contribution is 0.556. The van der Waals surface area contributed by atoms with Gasteiger partial charge in [0, 0.05) is 23.7 Å². The van der Waals surface area contributed by atoms with Gasteiger partial charge in [0.15, 0.2) is 4.90 Å². The molecule has 0 aromatic heterocycles. The van der Waals surface area contributed by atoms with E-state index < -0.39 is 0 Å². The average Bonchev–Trinajstić information content (AvgIpc) is 2.53. The van der Waals surface area contributed by atoms with Crippen molar-refractivity contribution >= 4 is 10.9 Å². The summed E-state index contributed by atoms with van der Waals surface area (Å²) < 4.78 is 0. The minimum Gasteiger partial charge on any atom is -0.0619 e. The third-order valence-corrected chi connectivity index (χ3v) is 7.04. The van der Waals surface area contributed by atoms with Gasteiger partial charge in [-0.3, -0.25) is 0 Å². The number of fused-ring (bicyclic) bond motifs is 2. The standard InChI is InChI=1S/C14H19S/c1-2-6-12(7-3-1)15-13-8-4-5-9-14(15)11-10-13/h1-3,6-7,13-14H,4-5,8-11H2/q+1. The molecule has 0 aliphatic carbocycles. The zero-order valence-electron chi connectivity index (χ0n) is 9.19. The highest BCUT2D eigenvalue weighted by atomic mass is 32.2. The average molecular weight is 219 g/mol. The minimum atomic E-state index is 0.596. The van der Waals surface area contributed by atoms with Gasteiger partial charge >= 0.3 is 0 Å². The molecule has 2 saturated heterocycles. The highest BCUT2D eigenvalue weighted by Crippen LogP contribution is 2.42. The van der Waals surface area contributed by atoms with E-state index in [1.54, 1.807) is 4.90 Å². The van der Waals surface area contributed by atoms with Crippen LogP contribution in [-0.2, 0) is 10.9 Å². The first-order valence-electron chi connectivity index (χ1n) is 6.22. The number of rotatable bonds is 1. The van der Waals surface area contributed by atoms with E-state index in [1.807, 2.05) is 0 Å². The molecule has 0 radical (unpaired) electrons. The molecule has 0 saturated carbocycles. The molecule has 2 aliphatic rings. The third-order valence-electron chi connectivity index (χ3n) is 3.85. The van der Waals surface area contributed by atoms with E-state index in [4.69, 9.17) is 0 Å². The van der Waals surface area contributed by atoms with Crippen molar-refractivity contribution in [2.45, 2.75) is 53.9 Å². The Balaban J connectivity index is 1.91. The quantitative estimate of drug-likeness (QED) is 0.631. The smallest absolute Gasteiger partial charge is 0.0619 e. The van der Waals surface area contributed by atoms with Gasteiger partial charge in [-0.2, -0.15) is 0 Å². The number of hydrogen-bond acceptors (Lipinski definition) is 0. The van der Waals surface area contributed by atoms with Crippen LogP contribution in [-0.4, -0.2) is 10.5 Å². The molecule has 2 atom stereocenters. The zero-order valence-corrected chi connectivity index (χ0v) is 10.0. The molecule has 1 heteroatoms. The predicted molar refractivity (Wildman–Crippen MR) is 67.4 cm³/mol. The predicted octanol–water partition coefficient (Wildman–Crippen LogP) is 3.77. The first-order valence-corrected chi connectivity index (χ1v) is 7.57. The van der Waals surface area contributed by atoms with Crippen molar-refractivity contribution in [3.8, 4) is 0 Å². The largest absolute Gasteiger partial charge is 0.155 e. The summed E-state index contributed by atoms with van der Waals surface area (Å²) in [5.74, 6) is 0. The molecule has 2 bridgehead atoms. The highest BCUT2D eigenvalue weighted by molar-refractivity contribution is 7.98. The fraction of sp³-hybridized carbons (Fsp3) is 0.571. The van der Waals surface area contributed by atoms with E-state index in [0.29, 0.717) is 10.9 Å². The maximum absolute atomic E-state index is 2.36. The minimum absolute atomic E-state index is 0.596. The molecule has 2 fully saturated rings. The first-order chi connectivity index (χ1) is 7.45. The normalized spacial score (nSPS) is 35.1. The van der Waals surface area contributed by atoms with Gasteiger partial charge in [0.25, 0.3) is 0 Å². The Morgan fingerprint density at radius 3 is 2.00 bits per heavy atom. The van der Waals surface area contributed by atoms with E-state index in [2.05, 4.69) is 30.3 Å². The van der Waals surface area contributed by atoms with Crippen LogP contribution in [0.3, 0.4) is 0 Å². The number of hydrogen-bond donors (Lipinski definition) is 0. The second-order valence-corrected chi connectivity index (χ2v) is 7.34. The van der Waals surface area contributed by atoms with Crippen LogP contribution in [0.4, 0.5) is 0 Å². The summed E-state index contributed by atoms with van der Waals surface area (Å²) in [6.45, 7) is 0. The summed E-state index contributed by atoms with van der Waals surface area (Å²) in [6, 6.07) is 11.3. The van der Waals surface area contributed by atoms with E-state index in [0.717, 1.165) is 10.5 Å². The molecule has 3 rings (SSSR count). The van der Waals surface area contributed by atoms with Gasteiger partial charge in [-0.25, -0.2) is 0 Å². The third kappa shape index (κ3) is 1.82. The van der Waals surface area contributed by atoms with Crippen molar-refractivity contribution in [3.63, 3.8) is 0 Å².